The zero-order chi connectivity index (χ0) is 17.1. The van der Waals surface area contributed by atoms with Crippen molar-refractivity contribution in [3.8, 4) is 0 Å². The van der Waals surface area contributed by atoms with E-state index >= 15 is 0 Å². The Balaban J connectivity index is 1.49. The number of benzene rings is 1. The van der Waals surface area contributed by atoms with E-state index in [2.05, 4.69) is 15.7 Å². The lowest BCUT2D eigenvalue weighted by Gasteiger charge is -2.08. The van der Waals surface area contributed by atoms with Gasteiger partial charge in [0.25, 0.3) is 5.91 Å². The molecule has 3 rings (SSSR count). The van der Waals surface area contributed by atoms with Crippen molar-refractivity contribution in [1.82, 2.24) is 15.1 Å². The Labute approximate surface area is 142 Å². The van der Waals surface area contributed by atoms with Gasteiger partial charge < -0.3 is 10.6 Å². The van der Waals surface area contributed by atoms with Crippen LogP contribution >= 0.6 is 11.8 Å². The van der Waals surface area contributed by atoms with Gasteiger partial charge in [-0.05, 0) is 24.3 Å². The molecule has 2 aromatic rings. The maximum absolute atomic E-state index is 12.8. The van der Waals surface area contributed by atoms with Crippen LogP contribution in [-0.2, 0) is 23.3 Å². The number of anilines is 1. The first-order chi connectivity index (χ1) is 11.5. The molecule has 1 aromatic carbocycles. The number of thioether (sulfide) groups is 1. The number of carbonyl (C=O) groups is 2. The Kier molecular flexibility index (Phi) is 4.84. The normalized spacial score (nSPS) is 12.8. The summed E-state index contributed by atoms with van der Waals surface area (Å²) in [5.74, 6) is 1.53. The van der Waals surface area contributed by atoms with Crippen molar-refractivity contribution in [1.29, 1.82) is 0 Å². The quantitative estimate of drug-likeness (QED) is 0.867. The third kappa shape index (κ3) is 3.59. The number of aryl methyl sites for hydroxylation is 1. The smallest absolute Gasteiger partial charge is 0.251 e. The molecule has 2 N–H and O–H groups in total. The average molecular weight is 348 g/mol. The number of amides is 2. The van der Waals surface area contributed by atoms with Gasteiger partial charge in [-0.2, -0.15) is 16.9 Å². The maximum atomic E-state index is 12.8. The molecule has 0 fully saturated rings. The van der Waals surface area contributed by atoms with E-state index in [1.165, 1.54) is 24.3 Å². The minimum Gasteiger partial charge on any atom is -0.352 e. The first kappa shape index (κ1) is 16.5. The van der Waals surface area contributed by atoms with Crippen molar-refractivity contribution in [3.05, 3.63) is 46.9 Å². The van der Waals surface area contributed by atoms with Crippen molar-refractivity contribution in [3.63, 3.8) is 0 Å². The molecule has 0 aliphatic carbocycles. The number of nitrogens with one attached hydrogen (secondary N) is 2. The number of rotatable bonds is 5. The average Bonchev–Trinajstić information content (AvgIpc) is 3.11. The van der Waals surface area contributed by atoms with Crippen molar-refractivity contribution in [2.75, 3.05) is 11.9 Å². The van der Waals surface area contributed by atoms with E-state index in [4.69, 9.17) is 0 Å². The molecule has 0 saturated heterocycles. The predicted octanol–water partition coefficient (Wildman–Crippen LogP) is 2.06. The first-order valence-electron chi connectivity index (χ1n) is 7.50. The summed E-state index contributed by atoms with van der Waals surface area (Å²) in [6, 6.07) is 5.26. The molecule has 0 atom stereocenters. The summed E-state index contributed by atoms with van der Waals surface area (Å²) in [4.78, 5) is 23.9. The molecule has 0 radical (unpaired) electrons. The van der Waals surface area contributed by atoms with E-state index in [1.807, 2.05) is 0 Å². The van der Waals surface area contributed by atoms with Crippen molar-refractivity contribution in [2.24, 2.45) is 7.05 Å². The Morgan fingerprint density at radius 2 is 2.04 bits per heavy atom. The van der Waals surface area contributed by atoms with Crippen LogP contribution in [0.5, 0.6) is 0 Å². The highest BCUT2D eigenvalue weighted by atomic mass is 32.2. The van der Waals surface area contributed by atoms with Crippen molar-refractivity contribution >= 4 is 29.4 Å². The SMILES string of the molecule is Cn1nc2c(c1NC(=O)CCNC(=O)c1ccc(F)cc1)CSC2. The molecular formula is C16H17FN4O2S. The van der Waals surface area contributed by atoms with Gasteiger partial charge in [-0.15, -0.1) is 0 Å². The fourth-order valence-corrected chi connectivity index (χ4v) is 3.52. The molecule has 6 nitrogen and oxygen atoms in total. The molecule has 24 heavy (non-hydrogen) atoms. The molecule has 0 bridgehead atoms. The summed E-state index contributed by atoms with van der Waals surface area (Å²) in [5, 5.41) is 9.89. The highest BCUT2D eigenvalue weighted by molar-refractivity contribution is 7.98. The Hall–Kier alpha value is -2.35. The molecule has 0 saturated carbocycles. The molecule has 126 valence electrons. The van der Waals surface area contributed by atoms with Gasteiger partial charge in [-0.1, -0.05) is 0 Å². The van der Waals surface area contributed by atoms with E-state index in [1.54, 1.807) is 23.5 Å². The third-order valence-electron chi connectivity index (χ3n) is 3.72. The van der Waals surface area contributed by atoms with Gasteiger partial charge in [0.1, 0.15) is 11.6 Å². The summed E-state index contributed by atoms with van der Waals surface area (Å²) < 4.78 is 14.5. The Morgan fingerprint density at radius 3 is 2.79 bits per heavy atom. The molecule has 0 unspecified atom stereocenters. The number of aromatic nitrogens is 2. The van der Waals surface area contributed by atoms with E-state index < -0.39 is 5.82 Å². The van der Waals surface area contributed by atoms with Gasteiger partial charge in [-0.3, -0.25) is 14.3 Å². The monoisotopic (exact) mass is 348 g/mol. The summed E-state index contributed by atoms with van der Waals surface area (Å²) in [5.41, 5.74) is 2.45. The van der Waals surface area contributed by atoms with E-state index in [0.717, 1.165) is 28.6 Å². The Morgan fingerprint density at radius 1 is 1.29 bits per heavy atom. The van der Waals surface area contributed by atoms with Crippen LogP contribution in [0, 0.1) is 5.82 Å². The number of halogens is 1. The fraction of sp³-hybridized carbons (Fsp3) is 0.312. The van der Waals surface area contributed by atoms with Crippen LogP contribution in [0.15, 0.2) is 24.3 Å². The van der Waals surface area contributed by atoms with Gasteiger partial charge in [0.05, 0.1) is 5.69 Å². The second-order valence-electron chi connectivity index (χ2n) is 5.45. The number of fused-ring (bicyclic) bond motifs is 1. The van der Waals surface area contributed by atoms with Crippen LogP contribution in [0.1, 0.15) is 28.0 Å². The van der Waals surface area contributed by atoms with Crippen LogP contribution in [0.3, 0.4) is 0 Å². The van der Waals surface area contributed by atoms with E-state index in [0.29, 0.717) is 5.56 Å². The van der Waals surface area contributed by atoms with Crippen molar-refractivity contribution < 1.29 is 14.0 Å². The summed E-state index contributed by atoms with van der Waals surface area (Å²) in [6.45, 7) is 0.205. The molecule has 2 amide bonds. The lowest BCUT2D eigenvalue weighted by atomic mass is 10.2. The second kappa shape index (κ2) is 7.04. The lowest BCUT2D eigenvalue weighted by Crippen LogP contribution is -2.28. The fourth-order valence-electron chi connectivity index (χ4n) is 2.48. The van der Waals surface area contributed by atoms with Crippen molar-refractivity contribution in [2.45, 2.75) is 17.9 Å². The zero-order valence-corrected chi connectivity index (χ0v) is 14.0. The van der Waals surface area contributed by atoms with Crippen LogP contribution in [0.25, 0.3) is 0 Å². The number of carbonyl (C=O) groups excluding carboxylic acids is 2. The highest BCUT2D eigenvalue weighted by Gasteiger charge is 2.22. The third-order valence-corrected chi connectivity index (χ3v) is 4.69. The van der Waals surface area contributed by atoms with Gasteiger partial charge in [0, 0.05) is 42.6 Å². The molecule has 1 aromatic heterocycles. The topological polar surface area (TPSA) is 76.0 Å². The second-order valence-corrected chi connectivity index (χ2v) is 6.44. The van der Waals surface area contributed by atoms with Crippen LogP contribution in [0.4, 0.5) is 10.2 Å². The standard InChI is InChI=1S/C16H17FN4O2S/c1-21-15(12-8-24-9-13(12)20-21)19-14(22)6-7-18-16(23)10-2-4-11(17)5-3-10/h2-5H,6-9H2,1H3,(H,18,23)(H,19,22). The molecular weight excluding hydrogens is 331 g/mol. The minimum absolute atomic E-state index is 0.153. The molecule has 1 aliphatic heterocycles. The first-order valence-corrected chi connectivity index (χ1v) is 8.66. The lowest BCUT2D eigenvalue weighted by molar-refractivity contribution is -0.116. The summed E-state index contributed by atoms with van der Waals surface area (Å²) in [6.07, 6.45) is 0.153. The molecule has 0 spiro atoms. The van der Waals surface area contributed by atoms with Crippen LogP contribution in [-0.4, -0.2) is 28.1 Å². The van der Waals surface area contributed by atoms with Crippen LogP contribution < -0.4 is 10.6 Å². The Bertz CT molecular complexity index is 773. The molecule has 2 heterocycles. The van der Waals surface area contributed by atoms with E-state index in [-0.39, 0.29) is 24.8 Å². The predicted molar refractivity (Wildman–Crippen MR) is 90.2 cm³/mol. The van der Waals surface area contributed by atoms with Gasteiger partial charge in [0.15, 0.2) is 0 Å². The van der Waals surface area contributed by atoms with E-state index in [9.17, 15) is 14.0 Å². The number of nitrogens with zero attached hydrogens (tertiary/aromatic N) is 2. The molecule has 1 aliphatic rings. The minimum atomic E-state index is -0.396. The number of hydrogen-bond acceptors (Lipinski definition) is 4. The van der Waals surface area contributed by atoms with Gasteiger partial charge >= 0.3 is 0 Å². The van der Waals surface area contributed by atoms with Gasteiger partial charge in [-0.25, -0.2) is 4.39 Å². The summed E-state index contributed by atoms with van der Waals surface area (Å²) in [7, 11) is 1.80. The molecule has 8 heteroatoms. The number of hydrogen-bond donors (Lipinski definition) is 2. The zero-order valence-electron chi connectivity index (χ0n) is 13.1. The summed E-state index contributed by atoms with van der Waals surface area (Å²) >= 11 is 1.77. The largest absolute Gasteiger partial charge is 0.352 e. The maximum Gasteiger partial charge on any atom is 0.251 e. The highest BCUT2D eigenvalue weighted by Crippen LogP contribution is 2.34. The van der Waals surface area contributed by atoms with Crippen LogP contribution in [0.2, 0.25) is 0 Å². The van der Waals surface area contributed by atoms with Gasteiger partial charge in [0.2, 0.25) is 5.91 Å².